The summed E-state index contributed by atoms with van der Waals surface area (Å²) in [5.41, 5.74) is 7.58. The van der Waals surface area contributed by atoms with Gasteiger partial charge in [-0.25, -0.2) is 0 Å². The number of nitrogens with two attached hydrogens (primary N) is 1. The number of para-hydroxylation sites is 1. The van der Waals surface area contributed by atoms with Crippen LogP contribution in [0.4, 0.5) is 5.69 Å². The Morgan fingerprint density at radius 2 is 2.00 bits per heavy atom. The average Bonchev–Trinajstić information content (AvgIpc) is 2.28. The van der Waals surface area contributed by atoms with Crippen LogP contribution in [-0.2, 0) is 4.79 Å². The fourth-order valence-corrected chi connectivity index (χ4v) is 4.06. The fraction of sp³-hybridized carbons (Fsp3) is 0.588. The summed E-state index contributed by atoms with van der Waals surface area (Å²) in [4.78, 5) is 11.8. The molecule has 110 valence electrons. The van der Waals surface area contributed by atoms with Gasteiger partial charge in [0.25, 0.3) is 0 Å². The molecule has 0 amide bonds. The van der Waals surface area contributed by atoms with Crippen molar-refractivity contribution in [1.29, 1.82) is 0 Å². The molecule has 0 aliphatic heterocycles. The van der Waals surface area contributed by atoms with Gasteiger partial charge in [0, 0.05) is 5.69 Å². The van der Waals surface area contributed by atoms with Crippen molar-refractivity contribution in [2.45, 2.75) is 46.0 Å². The average molecular weight is 275 g/mol. The molecule has 0 aromatic heterocycles. The van der Waals surface area contributed by atoms with Crippen LogP contribution in [-0.4, -0.2) is 11.1 Å². The molecule has 0 spiro atoms. The molecule has 1 aromatic carbocycles. The molecule has 1 aromatic rings. The van der Waals surface area contributed by atoms with E-state index in [2.05, 4.69) is 20.8 Å². The van der Waals surface area contributed by atoms with E-state index in [0.29, 0.717) is 11.6 Å². The second-order valence-electron chi connectivity index (χ2n) is 7.12. The lowest BCUT2D eigenvalue weighted by Gasteiger charge is -2.41. The van der Waals surface area contributed by atoms with E-state index in [-0.39, 0.29) is 11.3 Å². The predicted octanol–water partition coefficient (Wildman–Crippen LogP) is 3.90. The van der Waals surface area contributed by atoms with E-state index >= 15 is 0 Å². The molecular formula is C17H25NO2. The maximum atomic E-state index is 11.8. The van der Waals surface area contributed by atoms with Crippen LogP contribution in [0.15, 0.2) is 24.3 Å². The normalized spacial score (nSPS) is 26.9. The number of hydrogen-bond donors (Lipinski definition) is 2. The van der Waals surface area contributed by atoms with Crippen molar-refractivity contribution < 1.29 is 9.90 Å². The third kappa shape index (κ3) is 3.14. The van der Waals surface area contributed by atoms with Crippen LogP contribution in [0.3, 0.4) is 0 Å². The molecule has 0 heterocycles. The zero-order chi connectivity index (χ0) is 14.9. The number of aliphatic carboxylic acids is 1. The summed E-state index contributed by atoms with van der Waals surface area (Å²) in [6.07, 6.45) is 3.08. The molecule has 1 fully saturated rings. The minimum atomic E-state index is -0.752. The number of hydrogen-bond acceptors (Lipinski definition) is 2. The highest BCUT2D eigenvalue weighted by Gasteiger charge is 2.39. The van der Waals surface area contributed by atoms with Crippen LogP contribution < -0.4 is 5.73 Å². The van der Waals surface area contributed by atoms with Gasteiger partial charge in [-0.1, -0.05) is 39.0 Å². The SMILES string of the molecule is CC1CC(C(C(=O)O)c2ccccc2N)CC(C)(C)C1. The summed E-state index contributed by atoms with van der Waals surface area (Å²) in [6.45, 7) is 6.70. The summed E-state index contributed by atoms with van der Waals surface area (Å²) >= 11 is 0. The molecule has 0 saturated heterocycles. The minimum Gasteiger partial charge on any atom is -0.481 e. The van der Waals surface area contributed by atoms with Crippen molar-refractivity contribution in [3.8, 4) is 0 Å². The fourth-order valence-electron chi connectivity index (χ4n) is 4.06. The van der Waals surface area contributed by atoms with E-state index < -0.39 is 11.9 Å². The highest BCUT2D eigenvalue weighted by atomic mass is 16.4. The van der Waals surface area contributed by atoms with Gasteiger partial charge in [-0.3, -0.25) is 4.79 Å². The van der Waals surface area contributed by atoms with Crippen LogP contribution in [0.2, 0.25) is 0 Å². The number of anilines is 1. The molecule has 3 unspecified atom stereocenters. The Labute approximate surface area is 121 Å². The first-order valence-electron chi connectivity index (χ1n) is 7.37. The molecule has 3 N–H and O–H groups in total. The molecule has 3 atom stereocenters. The van der Waals surface area contributed by atoms with Crippen LogP contribution in [0.5, 0.6) is 0 Å². The molecule has 1 aliphatic rings. The van der Waals surface area contributed by atoms with E-state index in [1.54, 1.807) is 6.07 Å². The van der Waals surface area contributed by atoms with Crippen LogP contribution in [0.25, 0.3) is 0 Å². The molecule has 3 heteroatoms. The third-order valence-corrected chi connectivity index (χ3v) is 4.49. The van der Waals surface area contributed by atoms with Gasteiger partial charge in [0.2, 0.25) is 0 Å². The van der Waals surface area contributed by atoms with Gasteiger partial charge in [-0.2, -0.15) is 0 Å². The van der Waals surface area contributed by atoms with Gasteiger partial charge in [0.05, 0.1) is 5.92 Å². The van der Waals surface area contributed by atoms with Crippen molar-refractivity contribution in [1.82, 2.24) is 0 Å². The van der Waals surface area contributed by atoms with Gasteiger partial charge in [0.1, 0.15) is 0 Å². The van der Waals surface area contributed by atoms with Crippen molar-refractivity contribution in [2.24, 2.45) is 17.3 Å². The second kappa shape index (κ2) is 5.47. The van der Waals surface area contributed by atoms with Crippen molar-refractivity contribution >= 4 is 11.7 Å². The van der Waals surface area contributed by atoms with Crippen LogP contribution >= 0.6 is 0 Å². The monoisotopic (exact) mass is 275 g/mol. The standard InChI is InChI=1S/C17H25NO2/c1-11-8-12(10-17(2,3)9-11)15(16(19)20)13-6-4-5-7-14(13)18/h4-7,11-12,15H,8-10,18H2,1-3H3,(H,19,20). The Hall–Kier alpha value is -1.51. The molecule has 2 rings (SSSR count). The van der Waals surface area contributed by atoms with Gasteiger partial charge in [0.15, 0.2) is 0 Å². The maximum Gasteiger partial charge on any atom is 0.311 e. The maximum absolute atomic E-state index is 11.8. The van der Waals surface area contributed by atoms with Crippen molar-refractivity contribution in [2.75, 3.05) is 5.73 Å². The highest BCUT2D eigenvalue weighted by molar-refractivity contribution is 5.79. The molecular weight excluding hydrogens is 250 g/mol. The van der Waals surface area contributed by atoms with Gasteiger partial charge in [-0.15, -0.1) is 0 Å². The molecule has 0 bridgehead atoms. The van der Waals surface area contributed by atoms with E-state index in [9.17, 15) is 9.90 Å². The quantitative estimate of drug-likeness (QED) is 0.822. The number of carboxylic acids is 1. The van der Waals surface area contributed by atoms with E-state index in [0.717, 1.165) is 18.4 Å². The molecule has 3 nitrogen and oxygen atoms in total. The number of carbonyl (C=O) groups is 1. The topological polar surface area (TPSA) is 63.3 Å². The second-order valence-corrected chi connectivity index (χ2v) is 7.12. The first kappa shape index (κ1) is 14.9. The number of nitrogen functional groups attached to an aromatic ring is 1. The Kier molecular flexibility index (Phi) is 4.07. The summed E-state index contributed by atoms with van der Waals surface area (Å²) in [5.74, 6) is -0.512. The lowest BCUT2D eigenvalue weighted by Crippen LogP contribution is -2.34. The summed E-state index contributed by atoms with van der Waals surface area (Å²) in [5, 5.41) is 9.70. The highest BCUT2D eigenvalue weighted by Crippen LogP contribution is 2.47. The zero-order valence-corrected chi connectivity index (χ0v) is 12.6. The van der Waals surface area contributed by atoms with E-state index in [4.69, 9.17) is 5.73 Å². The lowest BCUT2D eigenvalue weighted by atomic mass is 9.63. The summed E-state index contributed by atoms with van der Waals surface area (Å²) < 4.78 is 0. The van der Waals surface area contributed by atoms with Crippen molar-refractivity contribution in [3.63, 3.8) is 0 Å². The van der Waals surface area contributed by atoms with Gasteiger partial charge >= 0.3 is 5.97 Å². The first-order chi connectivity index (χ1) is 9.30. The van der Waals surface area contributed by atoms with Crippen molar-refractivity contribution in [3.05, 3.63) is 29.8 Å². The third-order valence-electron chi connectivity index (χ3n) is 4.49. The number of carboxylic acid groups (broad SMARTS) is 1. The molecule has 20 heavy (non-hydrogen) atoms. The summed E-state index contributed by atoms with van der Waals surface area (Å²) in [7, 11) is 0. The smallest absolute Gasteiger partial charge is 0.311 e. The Morgan fingerprint density at radius 1 is 1.35 bits per heavy atom. The largest absolute Gasteiger partial charge is 0.481 e. The van der Waals surface area contributed by atoms with Crippen LogP contribution in [0, 0.1) is 17.3 Å². The predicted molar refractivity (Wildman–Crippen MR) is 81.5 cm³/mol. The number of benzene rings is 1. The van der Waals surface area contributed by atoms with Gasteiger partial charge < -0.3 is 10.8 Å². The first-order valence-corrected chi connectivity index (χ1v) is 7.37. The Balaban J connectivity index is 2.34. The van der Waals surface area contributed by atoms with E-state index in [1.165, 1.54) is 6.42 Å². The molecule has 1 saturated carbocycles. The van der Waals surface area contributed by atoms with Crippen LogP contribution in [0.1, 0.15) is 51.5 Å². The summed E-state index contributed by atoms with van der Waals surface area (Å²) in [6, 6.07) is 7.38. The van der Waals surface area contributed by atoms with Gasteiger partial charge in [-0.05, 0) is 48.1 Å². The molecule has 1 aliphatic carbocycles. The Bertz CT molecular complexity index is 496. The minimum absolute atomic E-state index is 0.163. The lowest BCUT2D eigenvalue weighted by molar-refractivity contribution is -0.141. The molecule has 0 radical (unpaired) electrons. The Morgan fingerprint density at radius 3 is 2.55 bits per heavy atom. The van der Waals surface area contributed by atoms with E-state index in [1.807, 2.05) is 18.2 Å². The number of rotatable bonds is 3. The zero-order valence-electron chi connectivity index (χ0n) is 12.6.